The molecule has 0 fully saturated rings. The van der Waals surface area contributed by atoms with Gasteiger partial charge in [0.15, 0.2) is 5.78 Å². The molecule has 0 bridgehead atoms. The van der Waals surface area contributed by atoms with Crippen molar-refractivity contribution >= 4 is 17.5 Å². The van der Waals surface area contributed by atoms with E-state index in [4.69, 9.17) is 5.11 Å². The molecule has 106 valence electrons. The van der Waals surface area contributed by atoms with Crippen molar-refractivity contribution < 1.29 is 19.9 Å². The summed E-state index contributed by atoms with van der Waals surface area (Å²) in [4.78, 5) is 21.9. The number of nitro benzene ring substituents is 1. The van der Waals surface area contributed by atoms with Crippen LogP contribution >= 0.6 is 0 Å². The fourth-order valence-corrected chi connectivity index (χ4v) is 1.70. The molecule has 2 aromatic rings. The molecular weight excluding hydrogens is 274 g/mol. The third kappa shape index (κ3) is 3.44. The van der Waals surface area contributed by atoms with Gasteiger partial charge in [-0.15, -0.1) is 0 Å². The van der Waals surface area contributed by atoms with E-state index in [1.54, 1.807) is 0 Å². The van der Waals surface area contributed by atoms with Crippen molar-refractivity contribution in [3.63, 3.8) is 0 Å². The Hall–Kier alpha value is -3.15. The van der Waals surface area contributed by atoms with E-state index in [1.807, 2.05) is 0 Å². The predicted molar refractivity (Wildman–Crippen MR) is 76.2 cm³/mol. The molecule has 2 rings (SSSR count). The third-order valence-corrected chi connectivity index (χ3v) is 2.78. The number of allylic oxidation sites excluding steroid dienone is 1. The molecule has 6 heteroatoms. The molecule has 0 aromatic heterocycles. The summed E-state index contributed by atoms with van der Waals surface area (Å²) in [7, 11) is 0. The van der Waals surface area contributed by atoms with Crippen LogP contribution in [0.5, 0.6) is 11.5 Å². The lowest BCUT2D eigenvalue weighted by atomic mass is 10.1. The predicted octanol–water partition coefficient (Wildman–Crippen LogP) is 2.90. The van der Waals surface area contributed by atoms with Crippen LogP contribution in [0.2, 0.25) is 0 Å². The van der Waals surface area contributed by atoms with E-state index in [-0.39, 0.29) is 22.7 Å². The van der Waals surface area contributed by atoms with Gasteiger partial charge in [-0.25, -0.2) is 0 Å². The first kappa shape index (κ1) is 14.3. The largest absolute Gasteiger partial charge is 0.508 e. The van der Waals surface area contributed by atoms with E-state index in [0.717, 1.165) is 6.07 Å². The van der Waals surface area contributed by atoms with Crippen LogP contribution in [0.4, 0.5) is 5.69 Å². The summed E-state index contributed by atoms with van der Waals surface area (Å²) in [6, 6.07) is 9.38. The maximum absolute atomic E-state index is 11.9. The first-order valence-electron chi connectivity index (χ1n) is 5.96. The average molecular weight is 285 g/mol. The Labute approximate surface area is 119 Å². The Morgan fingerprint density at radius 1 is 1.10 bits per heavy atom. The van der Waals surface area contributed by atoms with Crippen molar-refractivity contribution in [2.75, 3.05) is 0 Å². The highest BCUT2D eigenvalue weighted by molar-refractivity contribution is 6.08. The number of phenolic OH excluding ortho intramolecular Hbond substituents is 2. The second-order valence-corrected chi connectivity index (χ2v) is 4.25. The number of hydrogen-bond donors (Lipinski definition) is 2. The maximum atomic E-state index is 11.9. The van der Waals surface area contributed by atoms with Crippen LogP contribution in [0.1, 0.15) is 15.9 Å². The molecule has 0 atom stereocenters. The molecule has 21 heavy (non-hydrogen) atoms. The second-order valence-electron chi connectivity index (χ2n) is 4.25. The van der Waals surface area contributed by atoms with Gasteiger partial charge in [0.1, 0.15) is 11.5 Å². The number of carbonyl (C=O) groups is 1. The van der Waals surface area contributed by atoms with Crippen LogP contribution in [0.3, 0.4) is 0 Å². The number of nitro groups is 1. The summed E-state index contributed by atoms with van der Waals surface area (Å²) >= 11 is 0. The topological polar surface area (TPSA) is 101 Å². The van der Waals surface area contributed by atoms with Crippen molar-refractivity contribution in [2.24, 2.45) is 0 Å². The summed E-state index contributed by atoms with van der Waals surface area (Å²) in [6.45, 7) is 0. The smallest absolute Gasteiger partial charge is 0.269 e. The van der Waals surface area contributed by atoms with Crippen molar-refractivity contribution in [1.82, 2.24) is 0 Å². The fraction of sp³-hybridized carbons (Fsp3) is 0. The van der Waals surface area contributed by atoms with Crippen molar-refractivity contribution in [3.8, 4) is 11.5 Å². The van der Waals surface area contributed by atoms with E-state index >= 15 is 0 Å². The summed E-state index contributed by atoms with van der Waals surface area (Å²) in [5.41, 5.74) is 0.646. The number of benzene rings is 2. The van der Waals surface area contributed by atoms with Gasteiger partial charge >= 0.3 is 0 Å². The van der Waals surface area contributed by atoms with Crippen LogP contribution in [-0.2, 0) is 0 Å². The van der Waals surface area contributed by atoms with Crippen molar-refractivity contribution in [3.05, 3.63) is 69.8 Å². The number of aromatic hydroxyl groups is 2. The van der Waals surface area contributed by atoms with Crippen LogP contribution in [-0.4, -0.2) is 20.9 Å². The van der Waals surface area contributed by atoms with Crippen molar-refractivity contribution in [1.29, 1.82) is 0 Å². The molecule has 0 spiro atoms. The molecule has 0 saturated carbocycles. The number of hydrogen-bond acceptors (Lipinski definition) is 5. The van der Waals surface area contributed by atoms with Gasteiger partial charge in [-0.3, -0.25) is 14.9 Å². The second kappa shape index (κ2) is 5.87. The number of non-ortho nitro benzene ring substituents is 1. The monoisotopic (exact) mass is 285 g/mol. The van der Waals surface area contributed by atoms with Gasteiger partial charge in [0.2, 0.25) is 0 Å². The van der Waals surface area contributed by atoms with Crippen LogP contribution in [0.25, 0.3) is 6.08 Å². The Morgan fingerprint density at radius 3 is 2.33 bits per heavy atom. The van der Waals surface area contributed by atoms with Crippen molar-refractivity contribution in [2.45, 2.75) is 0 Å². The van der Waals surface area contributed by atoms with Crippen LogP contribution in [0.15, 0.2) is 48.5 Å². The summed E-state index contributed by atoms with van der Waals surface area (Å²) in [6.07, 6.45) is 2.73. The molecule has 6 nitrogen and oxygen atoms in total. The minimum absolute atomic E-state index is 0.0327. The summed E-state index contributed by atoms with van der Waals surface area (Å²) < 4.78 is 0. The van der Waals surface area contributed by atoms with E-state index in [2.05, 4.69) is 0 Å². The lowest BCUT2D eigenvalue weighted by molar-refractivity contribution is -0.384. The highest BCUT2D eigenvalue weighted by atomic mass is 16.6. The SMILES string of the molecule is O=C(/C=C/c1ccc([N+](=O)[O-])cc1)c1ccc(O)cc1O. The number of nitrogens with zero attached hydrogens (tertiary/aromatic N) is 1. The van der Waals surface area contributed by atoms with Gasteiger partial charge in [0.05, 0.1) is 10.5 Å². The molecule has 0 aliphatic rings. The first-order valence-corrected chi connectivity index (χ1v) is 5.96. The highest BCUT2D eigenvalue weighted by Gasteiger charge is 2.09. The van der Waals surface area contributed by atoms with E-state index in [9.17, 15) is 20.0 Å². The van der Waals surface area contributed by atoms with Gasteiger partial charge in [0, 0.05) is 18.2 Å². The number of ketones is 1. The van der Waals surface area contributed by atoms with Gasteiger partial charge < -0.3 is 10.2 Å². The molecule has 0 saturated heterocycles. The van der Waals surface area contributed by atoms with Gasteiger partial charge in [-0.1, -0.05) is 6.08 Å². The Bertz CT molecular complexity index is 719. The Morgan fingerprint density at radius 2 is 1.76 bits per heavy atom. The molecule has 2 N–H and O–H groups in total. The zero-order chi connectivity index (χ0) is 15.4. The summed E-state index contributed by atoms with van der Waals surface area (Å²) in [5.74, 6) is -0.886. The Kier molecular flexibility index (Phi) is 3.99. The molecule has 0 aliphatic carbocycles. The highest BCUT2D eigenvalue weighted by Crippen LogP contribution is 2.23. The zero-order valence-corrected chi connectivity index (χ0v) is 10.8. The van der Waals surface area contributed by atoms with E-state index < -0.39 is 10.7 Å². The minimum atomic E-state index is -0.507. The maximum Gasteiger partial charge on any atom is 0.269 e. The quantitative estimate of drug-likeness (QED) is 0.389. The number of rotatable bonds is 4. The average Bonchev–Trinajstić information content (AvgIpc) is 2.45. The summed E-state index contributed by atoms with van der Waals surface area (Å²) in [5, 5.41) is 29.2. The molecular formula is C15H11NO5. The van der Waals surface area contributed by atoms with Gasteiger partial charge in [0.25, 0.3) is 5.69 Å². The third-order valence-electron chi connectivity index (χ3n) is 2.78. The number of phenols is 2. The first-order chi connectivity index (χ1) is 9.97. The minimum Gasteiger partial charge on any atom is -0.508 e. The standard InChI is InChI=1S/C15H11NO5/c17-12-6-7-13(15(19)9-12)14(18)8-3-10-1-4-11(5-2-10)16(20)21/h1-9,17,19H/b8-3+. The van der Waals surface area contributed by atoms with Gasteiger partial charge in [-0.05, 0) is 35.9 Å². The molecule has 2 aromatic carbocycles. The normalized spacial score (nSPS) is 10.7. The molecule has 0 heterocycles. The van der Waals surface area contributed by atoms with E-state index in [1.165, 1.54) is 48.6 Å². The van der Waals surface area contributed by atoms with E-state index in [0.29, 0.717) is 5.56 Å². The lowest BCUT2D eigenvalue weighted by Crippen LogP contribution is -1.94. The number of carbonyl (C=O) groups excluding carboxylic acids is 1. The lowest BCUT2D eigenvalue weighted by Gasteiger charge is -2.00. The van der Waals surface area contributed by atoms with Gasteiger partial charge in [-0.2, -0.15) is 0 Å². The Balaban J connectivity index is 2.16. The molecule has 0 amide bonds. The zero-order valence-electron chi connectivity index (χ0n) is 10.8. The fourth-order valence-electron chi connectivity index (χ4n) is 1.70. The van der Waals surface area contributed by atoms with Crippen LogP contribution < -0.4 is 0 Å². The van der Waals surface area contributed by atoms with Crippen LogP contribution in [0, 0.1) is 10.1 Å². The molecule has 0 radical (unpaired) electrons. The molecule has 0 aliphatic heterocycles. The molecule has 0 unspecified atom stereocenters.